The monoisotopic (exact) mass is 230 g/mol. The third-order valence-electron chi connectivity index (χ3n) is 2.65. The molecule has 2 aromatic rings. The molecule has 1 heterocycles. The smallest absolute Gasteiger partial charge is 0.423 e. The topological polar surface area (TPSA) is 58.3 Å². The molecule has 0 radical (unpaired) electrons. The van der Waals surface area contributed by atoms with Gasteiger partial charge in [0, 0.05) is 17.8 Å². The molecule has 2 N–H and O–H groups in total. The second-order valence-corrected chi connectivity index (χ2v) is 4.30. The zero-order chi connectivity index (χ0) is 12.4. The minimum atomic E-state index is -1.44. The number of benzene rings is 1. The summed E-state index contributed by atoms with van der Waals surface area (Å²) in [6.45, 7) is 4.12. The molecular weight excluding hydrogens is 215 g/mol. The lowest BCUT2D eigenvalue weighted by Gasteiger charge is -2.04. The molecule has 0 saturated carbocycles. The van der Waals surface area contributed by atoms with E-state index in [1.165, 1.54) is 0 Å². The molecule has 0 atom stereocenters. The van der Waals surface area contributed by atoms with Crippen molar-refractivity contribution in [2.45, 2.75) is 19.9 Å². The molecule has 0 unspecified atom stereocenters. The molecule has 4 nitrogen and oxygen atoms in total. The van der Waals surface area contributed by atoms with Gasteiger partial charge in [-0.05, 0) is 24.9 Å². The van der Waals surface area contributed by atoms with Crippen LogP contribution in [0.5, 0.6) is 0 Å². The molecule has 1 aromatic heterocycles. The summed E-state index contributed by atoms with van der Waals surface area (Å²) >= 11 is 0. The van der Waals surface area contributed by atoms with Crippen molar-refractivity contribution < 1.29 is 10.0 Å². The van der Waals surface area contributed by atoms with Crippen molar-refractivity contribution in [1.29, 1.82) is 0 Å². The fourth-order valence-corrected chi connectivity index (χ4v) is 1.65. The Morgan fingerprint density at radius 2 is 2.00 bits per heavy atom. The van der Waals surface area contributed by atoms with Crippen molar-refractivity contribution in [2.24, 2.45) is 0 Å². The first-order valence-electron chi connectivity index (χ1n) is 5.58. The van der Waals surface area contributed by atoms with E-state index in [4.69, 9.17) is 10.0 Å². The highest BCUT2D eigenvalue weighted by Crippen LogP contribution is 2.18. The van der Waals surface area contributed by atoms with E-state index in [9.17, 15) is 0 Å². The number of hydrogen-bond acceptors (Lipinski definition) is 3. The van der Waals surface area contributed by atoms with E-state index in [1.807, 2.05) is 16.9 Å². The molecule has 1 aromatic carbocycles. The Morgan fingerprint density at radius 3 is 2.59 bits per heavy atom. The molecule has 2 rings (SSSR count). The van der Waals surface area contributed by atoms with E-state index in [2.05, 4.69) is 18.9 Å². The quantitative estimate of drug-likeness (QED) is 0.767. The normalized spacial score (nSPS) is 10.9. The largest absolute Gasteiger partial charge is 0.488 e. The fraction of sp³-hybridized carbons (Fsp3) is 0.250. The maximum absolute atomic E-state index is 9.12. The number of nitrogens with zero attached hydrogens (tertiary/aromatic N) is 2. The van der Waals surface area contributed by atoms with Crippen LogP contribution in [-0.2, 0) is 0 Å². The third-order valence-corrected chi connectivity index (χ3v) is 2.65. The summed E-state index contributed by atoms with van der Waals surface area (Å²) in [4.78, 5) is 0. The number of aromatic nitrogens is 2. The van der Waals surface area contributed by atoms with Crippen LogP contribution in [0.2, 0.25) is 0 Å². The van der Waals surface area contributed by atoms with Crippen LogP contribution >= 0.6 is 0 Å². The molecule has 0 aliphatic rings. The Bertz CT molecular complexity index is 509. The predicted octanol–water partition coefficient (Wildman–Crippen LogP) is 0.811. The first-order valence-corrected chi connectivity index (χ1v) is 5.58. The molecule has 0 bridgehead atoms. The zero-order valence-electron chi connectivity index (χ0n) is 9.91. The molecule has 0 spiro atoms. The van der Waals surface area contributed by atoms with Gasteiger partial charge in [0.05, 0.1) is 6.20 Å². The van der Waals surface area contributed by atoms with E-state index in [1.54, 1.807) is 24.4 Å². The van der Waals surface area contributed by atoms with Crippen molar-refractivity contribution >= 4 is 12.6 Å². The lowest BCUT2D eigenvalue weighted by atomic mass is 9.79. The zero-order valence-corrected chi connectivity index (χ0v) is 9.91. The SMILES string of the molecule is CC(C)n1cc(-c2cccc(B(O)O)c2)cn1. The van der Waals surface area contributed by atoms with Crippen LogP contribution in [0.15, 0.2) is 36.7 Å². The number of hydrogen-bond donors (Lipinski definition) is 2. The Hall–Kier alpha value is -1.59. The first kappa shape index (κ1) is 11.9. The molecular formula is C12H15BN2O2. The van der Waals surface area contributed by atoms with Crippen LogP contribution in [-0.4, -0.2) is 26.9 Å². The van der Waals surface area contributed by atoms with Crippen molar-refractivity contribution in [3.8, 4) is 11.1 Å². The van der Waals surface area contributed by atoms with Gasteiger partial charge in [-0.2, -0.15) is 5.10 Å². The Morgan fingerprint density at radius 1 is 1.24 bits per heavy atom. The highest BCUT2D eigenvalue weighted by Gasteiger charge is 2.12. The highest BCUT2D eigenvalue weighted by atomic mass is 16.4. The lowest BCUT2D eigenvalue weighted by molar-refractivity contribution is 0.426. The summed E-state index contributed by atoms with van der Waals surface area (Å²) in [6.07, 6.45) is 3.73. The second kappa shape index (κ2) is 4.73. The van der Waals surface area contributed by atoms with Gasteiger partial charge in [-0.1, -0.05) is 24.3 Å². The van der Waals surface area contributed by atoms with E-state index in [0.717, 1.165) is 11.1 Å². The summed E-state index contributed by atoms with van der Waals surface area (Å²) in [5.41, 5.74) is 2.39. The van der Waals surface area contributed by atoms with Gasteiger partial charge in [0.15, 0.2) is 0 Å². The summed E-state index contributed by atoms with van der Waals surface area (Å²) < 4.78 is 1.87. The van der Waals surface area contributed by atoms with E-state index >= 15 is 0 Å². The fourth-order valence-electron chi connectivity index (χ4n) is 1.65. The van der Waals surface area contributed by atoms with Gasteiger partial charge < -0.3 is 10.0 Å². The maximum Gasteiger partial charge on any atom is 0.488 e. The Balaban J connectivity index is 2.35. The van der Waals surface area contributed by atoms with E-state index in [-0.39, 0.29) is 0 Å². The van der Waals surface area contributed by atoms with Crippen LogP contribution in [0, 0.1) is 0 Å². The van der Waals surface area contributed by atoms with Crippen LogP contribution in [0.25, 0.3) is 11.1 Å². The molecule has 17 heavy (non-hydrogen) atoms. The lowest BCUT2D eigenvalue weighted by Crippen LogP contribution is -2.29. The summed E-state index contributed by atoms with van der Waals surface area (Å²) in [5.74, 6) is 0. The average molecular weight is 230 g/mol. The summed E-state index contributed by atoms with van der Waals surface area (Å²) in [5, 5.41) is 22.5. The van der Waals surface area contributed by atoms with Gasteiger partial charge in [0.2, 0.25) is 0 Å². The van der Waals surface area contributed by atoms with Crippen LogP contribution < -0.4 is 5.46 Å². The van der Waals surface area contributed by atoms with Crippen molar-refractivity contribution in [3.05, 3.63) is 36.7 Å². The molecule has 5 heteroatoms. The van der Waals surface area contributed by atoms with Gasteiger partial charge in [0.25, 0.3) is 0 Å². The van der Waals surface area contributed by atoms with Crippen LogP contribution in [0.3, 0.4) is 0 Å². The third kappa shape index (κ3) is 2.57. The Labute approximate surface area is 101 Å². The molecule has 0 amide bonds. The van der Waals surface area contributed by atoms with Gasteiger partial charge >= 0.3 is 7.12 Å². The first-order chi connectivity index (χ1) is 8.08. The predicted molar refractivity (Wildman–Crippen MR) is 67.9 cm³/mol. The van der Waals surface area contributed by atoms with Gasteiger partial charge in [-0.3, -0.25) is 4.68 Å². The van der Waals surface area contributed by atoms with Crippen molar-refractivity contribution in [1.82, 2.24) is 9.78 Å². The van der Waals surface area contributed by atoms with Crippen molar-refractivity contribution in [2.75, 3.05) is 0 Å². The summed E-state index contributed by atoms with van der Waals surface area (Å²) in [7, 11) is -1.44. The highest BCUT2D eigenvalue weighted by molar-refractivity contribution is 6.58. The van der Waals surface area contributed by atoms with Gasteiger partial charge in [-0.25, -0.2) is 0 Å². The molecule has 0 aliphatic carbocycles. The summed E-state index contributed by atoms with van der Waals surface area (Å²) in [6, 6.07) is 7.48. The van der Waals surface area contributed by atoms with E-state index < -0.39 is 7.12 Å². The van der Waals surface area contributed by atoms with Gasteiger partial charge in [-0.15, -0.1) is 0 Å². The van der Waals surface area contributed by atoms with Gasteiger partial charge in [0.1, 0.15) is 0 Å². The molecule has 88 valence electrons. The minimum Gasteiger partial charge on any atom is -0.423 e. The molecule has 0 saturated heterocycles. The molecule has 0 fully saturated rings. The standard InChI is InChI=1S/C12H15BN2O2/c1-9(2)15-8-11(7-14-15)10-4-3-5-12(6-10)13(16)17/h3-9,16-17H,1-2H3. The number of rotatable bonds is 3. The van der Waals surface area contributed by atoms with E-state index in [0.29, 0.717) is 11.5 Å². The van der Waals surface area contributed by atoms with Crippen LogP contribution in [0.1, 0.15) is 19.9 Å². The average Bonchev–Trinajstić information content (AvgIpc) is 2.78. The minimum absolute atomic E-state index is 0.315. The second-order valence-electron chi connectivity index (χ2n) is 4.30. The van der Waals surface area contributed by atoms with Crippen molar-refractivity contribution in [3.63, 3.8) is 0 Å². The maximum atomic E-state index is 9.12. The Kier molecular flexibility index (Phi) is 3.31. The van der Waals surface area contributed by atoms with Crippen LogP contribution in [0.4, 0.5) is 0 Å². The molecule has 0 aliphatic heterocycles.